The van der Waals surface area contributed by atoms with Crippen molar-refractivity contribution in [1.29, 1.82) is 0 Å². The van der Waals surface area contributed by atoms with Crippen LogP contribution in [0, 0.1) is 13.8 Å². The number of ether oxygens (including phenoxy) is 1. The van der Waals surface area contributed by atoms with E-state index >= 15 is 0 Å². The van der Waals surface area contributed by atoms with Crippen molar-refractivity contribution >= 4 is 52.4 Å². The molecule has 1 N–H and O–H groups in total. The summed E-state index contributed by atoms with van der Waals surface area (Å²) in [6.45, 7) is 5.53. The largest absolute Gasteiger partial charge is 0.465 e. The van der Waals surface area contributed by atoms with E-state index in [1.54, 1.807) is 49.4 Å². The van der Waals surface area contributed by atoms with E-state index in [1.165, 1.54) is 9.80 Å². The summed E-state index contributed by atoms with van der Waals surface area (Å²) in [4.78, 5) is 55.4. The molecule has 0 bridgehead atoms. The summed E-state index contributed by atoms with van der Waals surface area (Å²) in [5.41, 5.74) is 5.90. The van der Waals surface area contributed by atoms with Crippen LogP contribution in [-0.2, 0) is 14.3 Å². The van der Waals surface area contributed by atoms with Gasteiger partial charge < -0.3 is 15.0 Å². The van der Waals surface area contributed by atoms with Gasteiger partial charge in [-0.15, -0.1) is 0 Å². The monoisotopic (exact) mass is 609 g/mol. The maximum absolute atomic E-state index is 13.9. The van der Waals surface area contributed by atoms with Crippen LogP contribution in [0.2, 0.25) is 5.02 Å². The lowest BCUT2D eigenvalue weighted by atomic mass is 9.98. The number of nitrogens with one attached hydrogen (secondary N) is 1. The Morgan fingerprint density at radius 1 is 0.909 bits per heavy atom. The Hall–Kier alpha value is -4.95. The van der Waals surface area contributed by atoms with Gasteiger partial charge in [-0.25, -0.2) is 0 Å². The van der Waals surface area contributed by atoms with Gasteiger partial charge in [0.2, 0.25) is 5.91 Å². The molecule has 5 rings (SSSR count). The third-order valence-corrected chi connectivity index (χ3v) is 7.70. The molecule has 1 heterocycles. The van der Waals surface area contributed by atoms with Crippen LogP contribution in [-0.4, -0.2) is 43.4 Å². The standard InChI is InChI=1S/C35H32ClN3O5/c1-4-44-33(41)21-39-31-20-26(36)14-16-30(31)38(18-17-32(39)40)35(43)25-13-15-29(23(3)19-25)37-34(42)28-8-6-5-7-27(28)24-11-9-22(2)10-12-24/h5-16,19-20H,4,17-18,21H2,1-3H3,(H,37,42). The van der Waals surface area contributed by atoms with Crippen molar-refractivity contribution in [3.05, 3.63) is 112 Å². The van der Waals surface area contributed by atoms with Gasteiger partial charge in [0.1, 0.15) is 6.54 Å². The van der Waals surface area contributed by atoms with E-state index in [2.05, 4.69) is 5.32 Å². The fraction of sp³-hybridized carbons (Fsp3) is 0.200. The number of hydrogen-bond acceptors (Lipinski definition) is 5. The maximum atomic E-state index is 13.9. The number of hydrogen-bond donors (Lipinski definition) is 1. The predicted octanol–water partition coefficient (Wildman–Crippen LogP) is 6.82. The van der Waals surface area contributed by atoms with Gasteiger partial charge in [-0.3, -0.25) is 24.1 Å². The zero-order valence-electron chi connectivity index (χ0n) is 24.7. The van der Waals surface area contributed by atoms with E-state index in [0.29, 0.717) is 38.8 Å². The molecule has 1 aliphatic heterocycles. The van der Waals surface area contributed by atoms with Crippen LogP contribution in [0.25, 0.3) is 11.1 Å². The average Bonchev–Trinajstić information content (AvgIpc) is 3.14. The highest BCUT2D eigenvalue weighted by Crippen LogP contribution is 2.36. The molecule has 1 aliphatic rings. The molecular formula is C35H32ClN3O5. The van der Waals surface area contributed by atoms with Crippen LogP contribution < -0.4 is 15.1 Å². The molecule has 44 heavy (non-hydrogen) atoms. The molecule has 0 saturated heterocycles. The molecular weight excluding hydrogens is 578 g/mol. The minimum absolute atomic E-state index is 0.00492. The first-order chi connectivity index (χ1) is 21.2. The molecule has 3 amide bonds. The van der Waals surface area contributed by atoms with Crippen LogP contribution in [0.5, 0.6) is 0 Å². The third kappa shape index (κ3) is 6.50. The summed E-state index contributed by atoms with van der Waals surface area (Å²) in [7, 11) is 0. The summed E-state index contributed by atoms with van der Waals surface area (Å²) in [5.74, 6) is -1.47. The predicted molar refractivity (Wildman–Crippen MR) is 172 cm³/mol. The van der Waals surface area contributed by atoms with Crippen LogP contribution in [0.3, 0.4) is 0 Å². The highest BCUT2D eigenvalue weighted by molar-refractivity contribution is 6.31. The molecule has 0 aromatic heterocycles. The van der Waals surface area contributed by atoms with Crippen molar-refractivity contribution in [2.45, 2.75) is 27.2 Å². The molecule has 0 unspecified atom stereocenters. The first kappa shape index (κ1) is 30.5. The zero-order chi connectivity index (χ0) is 31.4. The summed E-state index contributed by atoms with van der Waals surface area (Å²) in [6.07, 6.45) is 0.00492. The second-order valence-electron chi connectivity index (χ2n) is 10.5. The summed E-state index contributed by atoms with van der Waals surface area (Å²) in [5, 5.41) is 3.35. The Kier molecular flexibility index (Phi) is 9.11. The molecule has 0 fully saturated rings. The lowest BCUT2D eigenvalue weighted by Gasteiger charge is -2.25. The van der Waals surface area contributed by atoms with Gasteiger partial charge in [0.15, 0.2) is 0 Å². The highest BCUT2D eigenvalue weighted by atomic mass is 35.5. The van der Waals surface area contributed by atoms with E-state index < -0.39 is 5.97 Å². The van der Waals surface area contributed by atoms with Crippen molar-refractivity contribution in [3.63, 3.8) is 0 Å². The summed E-state index contributed by atoms with van der Waals surface area (Å²) in [6, 6.07) is 25.4. The van der Waals surface area contributed by atoms with E-state index in [4.69, 9.17) is 16.3 Å². The van der Waals surface area contributed by atoms with Gasteiger partial charge in [0, 0.05) is 34.8 Å². The number of carbonyl (C=O) groups is 4. The van der Waals surface area contributed by atoms with Gasteiger partial charge >= 0.3 is 5.97 Å². The van der Waals surface area contributed by atoms with Crippen molar-refractivity contribution in [2.24, 2.45) is 0 Å². The Balaban J connectivity index is 1.40. The number of fused-ring (bicyclic) bond motifs is 1. The van der Waals surface area contributed by atoms with Crippen LogP contribution >= 0.6 is 11.6 Å². The molecule has 0 spiro atoms. The Morgan fingerprint density at radius 3 is 2.39 bits per heavy atom. The molecule has 0 radical (unpaired) electrons. The quantitative estimate of drug-likeness (QED) is 0.232. The van der Waals surface area contributed by atoms with Crippen LogP contribution in [0.4, 0.5) is 17.1 Å². The van der Waals surface area contributed by atoms with Gasteiger partial charge in [-0.1, -0.05) is 59.6 Å². The number of anilines is 3. The number of benzene rings is 4. The SMILES string of the molecule is CCOC(=O)CN1C(=O)CCN(C(=O)c2ccc(NC(=O)c3ccccc3-c3ccc(C)cc3)c(C)c2)c2ccc(Cl)cc21. The highest BCUT2D eigenvalue weighted by Gasteiger charge is 2.31. The van der Waals surface area contributed by atoms with Crippen molar-refractivity contribution < 1.29 is 23.9 Å². The molecule has 4 aromatic rings. The van der Waals surface area contributed by atoms with Crippen molar-refractivity contribution in [1.82, 2.24) is 0 Å². The Bertz CT molecular complexity index is 1750. The topological polar surface area (TPSA) is 96.0 Å². The van der Waals surface area contributed by atoms with Gasteiger partial charge in [0.25, 0.3) is 11.8 Å². The maximum Gasteiger partial charge on any atom is 0.326 e. The van der Waals surface area contributed by atoms with E-state index in [-0.39, 0.29) is 43.8 Å². The fourth-order valence-corrected chi connectivity index (χ4v) is 5.37. The first-order valence-electron chi connectivity index (χ1n) is 14.3. The van der Waals surface area contributed by atoms with E-state index in [1.807, 2.05) is 56.3 Å². The normalized spacial score (nSPS) is 12.8. The second-order valence-corrected chi connectivity index (χ2v) is 11.0. The van der Waals surface area contributed by atoms with Gasteiger partial charge in [-0.05, 0) is 79.9 Å². The fourth-order valence-electron chi connectivity index (χ4n) is 5.21. The molecule has 224 valence electrons. The summed E-state index contributed by atoms with van der Waals surface area (Å²) < 4.78 is 5.06. The minimum atomic E-state index is -0.554. The summed E-state index contributed by atoms with van der Waals surface area (Å²) >= 11 is 6.27. The lowest BCUT2D eigenvalue weighted by molar-refractivity contribution is -0.142. The molecule has 0 atom stereocenters. The van der Waals surface area contributed by atoms with Gasteiger partial charge in [0.05, 0.1) is 18.0 Å². The second kappa shape index (κ2) is 13.1. The number of esters is 1. The number of aryl methyl sites for hydroxylation is 2. The van der Waals surface area contributed by atoms with Gasteiger partial charge in [-0.2, -0.15) is 0 Å². The van der Waals surface area contributed by atoms with Crippen LogP contribution in [0.15, 0.2) is 84.9 Å². The Labute approximate surface area is 261 Å². The third-order valence-electron chi connectivity index (χ3n) is 7.46. The smallest absolute Gasteiger partial charge is 0.326 e. The minimum Gasteiger partial charge on any atom is -0.465 e. The number of nitrogens with zero attached hydrogens (tertiary/aromatic N) is 2. The molecule has 4 aromatic carbocycles. The van der Waals surface area contributed by atoms with E-state index in [0.717, 1.165) is 16.7 Å². The molecule has 0 saturated carbocycles. The van der Waals surface area contributed by atoms with Crippen molar-refractivity contribution in [3.8, 4) is 11.1 Å². The average molecular weight is 610 g/mol. The number of rotatable bonds is 7. The lowest BCUT2D eigenvalue weighted by Crippen LogP contribution is -2.36. The van der Waals surface area contributed by atoms with E-state index in [9.17, 15) is 19.2 Å². The molecule has 0 aliphatic carbocycles. The molecule has 8 nitrogen and oxygen atoms in total. The zero-order valence-corrected chi connectivity index (χ0v) is 25.5. The number of amides is 3. The number of halogens is 1. The van der Waals surface area contributed by atoms with Crippen LogP contribution in [0.1, 0.15) is 45.2 Å². The Morgan fingerprint density at radius 2 is 1.66 bits per heavy atom. The van der Waals surface area contributed by atoms with Crippen molar-refractivity contribution in [2.75, 3.05) is 34.8 Å². The first-order valence-corrected chi connectivity index (χ1v) is 14.7. The molecule has 9 heteroatoms. The number of carbonyl (C=O) groups excluding carboxylic acids is 4.